The van der Waals surface area contributed by atoms with E-state index in [4.69, 9.17) is 15.1 Å². The Morgan fingerprint density at radius 2 is 1.55 bits per heavy atom. The molecule has 11 heavy (non-hydrogen) atoms. The van der Waals surface area contributed by atoms with E-state index in [2.05, 4.69) is 4.90 Å². The van der Waals surface area contributed by atoms with E-state index in [0.29, 0.717) is 0 Å². The molecular formula is C6H14BNO3. The van der Waals surface area contributed by atoms with Crippen molar-refractivity contribution in [2.24, 2.45) is 5.92 Å². The molecule has 0 saturated carbocycles. The summed E-state index contributed by atoms with van der Waals surface area (Å²) < 4.78 is 0. The minimum atomic E-state index is -2.17. The van der Waals surface area contributed by atoms with Gasteiger partial charge in [-0.3, -0.25) is 0 Å². The van der Waals surface area contributed by atoms with Crippen LogP contribution in [0, 0.1) is 5.92 Å². The molecule has 64 valence electrons. The topological polar surface area (TPSA) is 63.9 Å². The van der Waals surface area contributed by atoms with Gasteiger partial charge in [-0.25, -0.2) is 0 Å². The van der Waals surface area contributed by atoms with Crippen molar-refractivity contribution in [3.8, 4) is 0 Å². The van der Waals surface area contributed by atoms with Crippen molar-refractivity contribution in [3.05, 3.63) is 0 Å². The fraction of sp³-hybridized carbons (Fsp3) is 1.00. The zero-order chi connectivity index (χ0) is 8.27. The Kier molecular flexibility index (Phi) is 3.32. The Morgan fingerprint density at radius 1 is 1.09 bits per heavy atom. The minimum absolute atomic E-state index is 1.10. The minimum Gasteiger partial charge on any atom is -0.402 e. The maximum atomic E-state index is 7.17. The highest BCUT2D eigenvalue weighted by molar-refractivity contribution is 6.30. The number of hydrogen-bond donors (Lipinski definition) is 3. The van der Waals surface area contributed by atoms with Gasteiger partial charge in [0.05, 0.1) is 0 Å². The summed E-state index contributed by atoms with van der Waals surface area (Å²) in [5, 5.41) is 21.5. The third kappa shape index (κ3) is 3.20. The van der Waals surface area contributed by atoms with Gasteiger partial charge in [0.15, 0.2) is 0 Å². The number of nitrogens with zero attached hydrogens (tertiary/aromatic N) is 1. The Hall–Kier alpha value is -0.0951. The molecule has 2 bridgehead atoms. The predicted octanol–water partition coefficient (Wildman–Crippen LogP) is -1.34. The summed E-state index contributed by atoms with van der Waals surface area (Å²) in [6.45, 7) is 4.20. The molecule has 0 aromatic heterocycles. The van der Waals surface area contributed by atoms with Crippen LogP contribution in [0.1, 0.15) is 12.8 Å². The maximum absolute atomic E-state index is 7.17. The molecule has 0 radical (unpaired) electrons. The molecule has 2 aliphatic heterocycles. The van der Waals surface area contributed by atoms with Gasteiger partial charge in [-0.05, 0) is 31.8 Å². The van der Waals surface area contributed by atoms with Crippen molar-refractivity contribution in [2.45, 2.75) is 12.8 Å². The predicted molar refractivity (Wildman–Crippen MR) is 41.6 cm³/mol. The van der Waals surface area contributed by atoms with Gasteiger partial charge in [0.1, 0.15) is 0 Å². The summed E-state index contributed by atoms with van der Waals surface area (Å²) in [6, 6.07) is 0. The molecular weight excluding hydrogens is 145 g/mol. The summed E-state index contributed by atoms with van der Waals surface area (Å²) in [5.74, 6) is 1.10. The van der Waals surface area contributed by atoms with Crippen molar-refractivity contribution in [1.29, 1.82) is 0 Å². The van der Waals surface area contributed by atoms with Crippen LogP contribution in [-0.2, 0) is 0 Å². The highest BCUT2D eigenvalue weighted by atomic mass is 16.5. The summed E-state index contributed by atoms with van der Waals surface area (Å²) >= 11 is 0. The first kappa shape index (κ1) is 9.00. The van der Waals surface area contributed by atoms with E-state index in [1.165, 1.54) is 32.5 Å². The van der Waals surface area contributed by atoms with Gasteiger partial charge in [-0.15, -0.1) is 0 Å². The van der Waals surface area contributed by atoms with E-state index in [1.807, 2.05) is 0 Å². The van der Waals surface area contributed by atoms with Crippen LogP contribution in [0.5, 0.6) is 0 Å². The van der Waals surface area contributed by atoms with Crippen LogP contribution in [0.25, 0.3) is 0 Å². The molecule has 0 amide bonds. The SMILES string of the molecule is C1CN2CCC1C2.OB(O)O. The van der Waals surface area contributed by atoms with Crippen molar-refractivity contribution in [3.63, 3.8) is 0 Å². The lowest BCUT2D eigenvalue weighted by Gasteiger charge is -2.09. The normalized spacial score (nSPS) is 33.0. The van der Waals surface area contributed by atoms with Gasteiger partial charge < -0.3 is 20.0 Å². The average molecular weight is 159 g/mol. The molecule has 0 aromatic carbocycles. The van der Waals surface area contributed by atoms with Crippen molar-refractivity contribution < 1.29 is 15.1 Å². The smallest absolute Gasteiger partial charge is 0.402 e. The lowest BCUT2D eigenvalue weighted by atomic mass is 10.1. The first-order valence-electron chi connectivity index (χ1n) is 3.95. The molecule has 2 saturated heterocycles. The summed E-state index contributed by atoms with van der Waals surface area (Å²) in [7, 11) is -2.17. The molecule has 2 aliphatic rings. The first-order chi connectivity index (χ1) is 5.18. The van der Waals surface area contributed by atoms with Crippen LogP contribution in [-0.4, -0.2) is 46.9 Å². The molecule has 2 heterocycles. The van der Waals surface area contributed by atoms with E-state index in [9.17, 15) is 0 Å². The van der Waals surface area contributed by atoms with Crippen molar-refractivity contribution in [2.75, 3.05) is 19.6 Å². The van der Waals surface area contributed by atoms with Crippen LogP contribution in [0.3, 0.4) is 0 Å². The Labute approximate surface area is 66.6 Å². The second-order valence-electron chi connectivity index (χ2n) is 3.09. The van der Waals surface area contributed by atoms with Gasteiger partial charge in [-0.2, -0.15) is 0 Å². The van der Waals surface area contributed by atoms with Gasteiger partial charge >= 0.3 is 7.32 Å². The third-order valence-corrected chi connectivity index (χ3v) is 2.22. The third-order valence-electron chi connectivity index (χ3n) is 2.22. The molecule has 3 N–H and O–H groups in total. The number of fused-ring (bicyclic) bond motifs is 2. The van der Waals surface area contributed by atoms with Crippen LogP contribution in [0.2, 0.25) is 0 Å². The van der Waals surface area contributed by atoms with E-state index >= 15 is 0 Å². The molecule has 4 nitrogen and oxygen atoms in total. The molecule has 0 unspecified atom stereocenters. The number of hydrogen-bond acceptors (Lipinski definition) is 4. The molecule has 2 fully saturated rings. The lowest BCUT2D eigenvalue weighted by Crippen LogP contribution is -2.15. The summed E-state index contributed by atoms with van der Waals surface area (Å²) in [5.41, 5.74) is 0. The quantitative estimate of drug-likeness (QED) is 0.383. The molecule has 2 rings (SSSR count). The average Bonchev–Trinajstić information content (AvgIpc) is 2.45. The fourth-order valence-electron chi connectivity index (χ4n) is 1.72. The van der Waals surface area contributed by atoms with Crippen LogP contribution < -0.4 is 0 Å². The second kappa shape index (κ2) is 4.06. The second-order valence-corrected chi connectivity index (χ2v) is 3.09. The Morgan fingerprint density at radius 3 is 1.64 bits per heavy atom. The fourth-order valence-corrected chi connectivity index (χ4v) is 1.72. The maximum Gasteiger partial charge on any atom is 0.631 e. The Bertz CT molecular complexity index is 102. The highest BCUT2D eigenvalue weighted by Crippen LogP contribution is 2.26. The molecule has 5 heteroatoms. The monoisotopic (exact) mass is 159 g/mol. The van der Waals surface area contributed by atoms with E-state index in [-0.39, 0.29) is 0 Å². The van der Waals surface area contributed by atoms with Gasteiger partial charge in [0.25, 0.3) is 0 Å². The van der Waals surface area contributed by atoms with Gasteiger partial charge in [0, 0.05) is 6.54 Å². The Balaban J connectivity index is 0.000000134. The standard InChI is InChI=1S/C6H11N.BH3O3/c1-3-7-4-2-6(1)5-7;2-1(3)4/h6H,1-5H2;2-4H. The van der Waals surface area contributed by atoms with Crippen molar-refractivity contribution >= 4 is 7.32 Å². The van der Waals surface area contributed by atoms with Crippen LogP contribution in [0.4, 0.5) is 0 Å². The molecule has 0 atom stereocenters. The van der Waals surface area contributed by atoms with E-state index in [1.54, 1.807) is 0 Å². The molecule has 0 aliphatic carbocycles. The van der Waals surface area contributed by atoms with E-state index < -0.39 is 7.32 Å². The first-order valence-corrected chi connectivity index (χ1v) is 3.95. The van der Waals surface area contributed by atoms with Gasteiger partial charge in [-0.1, -0.05) is 0 Å². The zero-order valence-electron chi connectivity index (χ0n) is 6.48. The number of rotatable bonds is 0. The lowest BCUT2D eigenvalue weighted by molar-refractivity contribution is 0.278. The van der Waals surface area contributed by atoms with Gasteiger partial charge in [0.2, 0.25) is 0 Å². The van der Waals surface area contributed by atoms with Crippen LogP contribution in [0.15, 0.2) is 0 Å². The molecule has 0 spiro atoms. The van der Waals surface area contributed by atoms with Crippen LogP contribution >= 0.6 is 0 Å². The van der Waals surface area contributed by atoms with Crippen molar-refractivity contribution in [1.82, 2.24) is 4.90 Å². The summed E-state index contributed by atoms with van der Waals surface area (Å²) in [6.07, 6.45) is 2.97. The van der Waals surface area contributed by atoms with E-state index in [0.717, 1.165) is 5.92 Å². The summed E-state index contributed by atoms with van der Waals surface area (Å²) in [4.78, 5) is 2.56. The highest BCUT2D eigenvalue weighted by Gasteiger charge is 2.28. The molecule has 0 aromatic rings. The zero-order valence-corrected chi connectivity index (χ0v) is 6.48. The largest absolute Gasteiger partial charge is 0.631 e. The number of piperidine rings is 1.